The van der Waals surface area contributed by atoms with Gasteiger partial charge in [0.2, 0.25) is 5.91 Å². The number of hydrogen-bond donors (Lipinski definition) is 0. The van der Waals surface area contributed by atoms with E-state index < -0.39 is 11.5 Å². The van der Waals surface area contributed by atoms with Gasteiger partial charge in [-0.3, -0.25) is 9.78 Å². The number of carbonyl (C=O) groups excluding carboxylic acids is 1. The molecule has 8 nitrogen and oxygen atoms in total. The highest BCUT2D eigenvalue weighted by molar-refractivity contribution is 6.33. The van der Waals surface area contributed by atoms with E-state index in [2.05, 4.69) is 16.5 Å². The summed E-state index contributed by atoms with van der Waals surface area (Å²) >= 11 is 6.78. The molecule has 1 fully saturated rings. The third kappa shape index (κ3) is 4.99. The average molecular weight is 575 g/mol. The Morgan fingerprint density at radius 2 is 1.88 bits per heavy atom. The third-order valence-electron chi connectivity index (χ3n) is 7.62. The second-order valence-electron chi connectivity index (χ2n) is 10.8. The van der Waals surface area contributed by atoms with Crippen molar-refractivity contribution in [2.24, 2.45) is 0 Å². The zero-order valence-electron chi connectivity index (χ0n) is 23.7. The molecule has 1 amide bonds. The molecule has 4 heterocycles. The molecule has 0 bridgehead atoms. The van der Waals surface area contributed by atoms with Gasteiger partial charge in [-0.25, -0.2) is 18.7 Å². The molecule has 2 unspecified atom stereocenters. The van der Waals surface area contributed by atoms with E-state index in [0.717, 1.165) is 11.1 Å². The Morgan fingerprint density at radius 3 is 2.56 bits per heavy atom. The molecule has 41 heavy (non-hydrogen) atoms. The van der Waals surface area contributed by atoms with Gasteiger partial charge in [-0.15, -0.1) is 0 Å². The Morgan fingerprint density at radius 1 is 1.15 bits per heavy atom. The fraction of sp³-hybridized carbons (Fsp3) is 0.323. The maximum Gasteiger partial charge on any atom is 0.355 e. The molecule has 0 radical (unpaired) electrons. The Labute approximate surface area is 243 Å². The van der Waals surface area contributed by atoms with Crippen molar-refractivity contribution in [3.05, 3.63) is 87.8 Å². The molecule has 0 aliphatic carbocycles. The van der Waals surface area contributed by atoms with E-state index in [1.807, 2.05) is 39.5 Å². The number of rotatable bonds is 5. The normalized spacial score (nSPS) is 17.4. The highest BCUT2D eigenvalue weighted by Crippen LogP contribution is 2.36. The summed E-state index contributed by atoms with van der Waals surface area (Å²) in [5.41, 5.74) is 2.50. The van der Waals surface area contributed by atoms with E-state index in [-0.39, 0.29) is 40.2 Å². The van der Waals surface area contributed by atoms with Crippen molar-refractivity contribution in [1.82, 2.24) is 24.4 Å². The number of carbonyl (C=O) groups is 1. The van der Waals surface area contributed by atoms with Crippen molar-refractivity contribution in [2.45, 2.75) is 52.6 Å². The summed E-state index contributed by atoms with van der Waals surface area (Å²) in [6.07, 6.45) is 4.75. The molecule has 5 rings (SSSR count). The van der Waals surface area contributed by atoms with Crippen molar-refractivity contribution < 1.29 is 9.18 Å². The zero-order chi connectivity index (χ0) is 29.6. The van der Waals surface area contributed by atoms with Crippen LogP contribution in [0.2, 0.25) is 5.02 Å². The van der Waals surface area contributed by atoms with Crippen molar-refractivity contribution >= 4 is 34.4 Å². The van der Waals surface area contributed by atoms with Crippen LogP contribution in [-0.2, 0) is 4.79 Å². The van der Waals surface area contributed by atoms with Crippen LogP contribution >= 0.6 is 11.6 Å². The lowest BCUT2D eigenvalue weighted by Crippen LogP contribution is -2.58. The molecule has 4 aromatic rings. The number of hydrogen-bond acceptors (Lipinski definition) is 6. The molecule has 0 saturated carbocycles. The van der Waals surface area contributed by atoms with E-state index in [9.17, 15) is 14.0 Å². The first-order valence-corrected chi connectivity index (χ1v) is 13.9. The molecule has 1 aliphatic rings. The van der Waals surface area contributed by atoms with E-state index in [0.29, 0.717) is 35.6 Å². The molecule has 1 aliphatic heterocycles. The minimum atomic E-state index is -0.526. The number of piperazine rings is 1. The van der Waals surface area contributed by atoms with E-state index in [1.165, 1.54) is 16.7 Å². The fourth-order valence-corrected chi connectivity index (χ4v) is 5.77. The van der Waals surface area contributed by atoms with Gasteiger partial charge in [-0.05, 0) is 62.1 Å². The SMILES string of the molecule is C=CC(=O)N1CC(C)N(c2nc(=O)n(-c3c(C)cncc3C(C)C)c3nc(-c4ccccc4F)c(Cl)cc23)CC1C. The van der Waals surface area contributed by atoms with E-state index in [1.54, 1.807) is 41.6 Å². The third-order valence-corrected chi connectivity index (χ3v) is 7.91. The molecule has 3 aromatic heterocycles. The van der Waals surface area contributed by atoms with Crippen LogP contribution in [-0.4, -0.2) is 55.5 Å². The van der Waals surface area contributed by atoms with Crippen molar-refractivity contribution in [1.29, 1.82) is 0 Å². The van der Waals surface area contributed by atoms with Gasteiger partial charge in [0, 0.05) is 43.1 Å². The lowest BCUT2D eigenvalue weighted by Gasteiger charge is -2.44. The highest BCUT2D eigenvalue weighted by atomic mass is 35.5. The topological polar surface area (TPSA) is 84.2 Å². The smallest absolute Gasteiger partial charge is 0.349 e. The van der Waals surface area contributed by atoms with Crippen LogP contribution in [0, 0.1) is 12.7 Å². The van der Waals surface area contributed by atoms with Gasteiger partial charge in [-0.2, -0.15) is 4.98 Å². The molecule has 2 atom stereocenters. The van der Waals surface area contributed by atoms with Gasteiger partial charge in [0.05, 0.1) is 21.8 Å². The minimum absolute atomic E-state index is 0.0497. The van der Waals surface area contributed by atoms with Crippen LogP contribution < -0.4 is 10.6 Å². The van der Waals surface area contributed by atoms with Crippen molar-refractivity contribution in [3.63, 3.8) is 0 Å². The highest BCUT2D eigenvalue weighted by Gasteiger charge is 2.34. The first-order chi connectivity index (χ1) is 19.5. The number of fused-ring (bicyclic) bond motifs is 1. The molecule has 1 aromatic carbocycles. The fourth-order valence-electron chi connectivity index (χ4n) is 5.52. The lowest BCUT2D eigenvalue weighted by molar-refractivity contribution is -0.128. The van der Waals surface area contributed by atoms with Gasteiger partial charge in [0.1, 0.15) is 11.6 Å². The lowest BCUT2D eigenvalue weighted by atomic mass is 10.0. The molecular weight excluding hydrogens is 543 g/mol. The quantitative estimate of drug-likeness (QED) is 0.285. The van der Waals surface area contributed by atoms with Crippen molar-refractivity contribution in [3.8, 4) is 16.9 Å². The number of halogens is 2. The van der Waals surface area contributed by atoms with E-state index >= 15 is 0 Å². The van der Waals surface area contributed by atoms with Crippen LogP contribution in [0.4, 0.5) is 10.2 Å². The standard InChI is InChI=1S/C31H32ClFN6O2/c1-7-26(40)37-15-20(6)38(16-19(37)5)29-22-12-24(32)27(21-10-8-9-11-25(21)33)35-30(22)39(31(41)36-29)28-18(4)13-34-14-23(28)17(2)3/h7-14,17,19-20H,1,15-16H2,2-6H3. The minimum Gasteiger partial charge on any atom is -0.349 e. The maximum atomic E-state index is 15.0. The van der Waals surface area contributed by atoms with Gasteiger partial charge < -0.3 is 9.80 Å². The summed E-state index contributed by atoms with van der Waals surface area (Å²) in [5, 5.41) is 0.774. The van der Waals surface area contributed by atoms with Crippen LogP contribution in [0.5, 0.6) is 0 Å². The summed E-state index contributed by atoms with van der Waals surface area (Å²) in [4.78, 5) is 44.1. The summed E-state index contributed by atoms with van der Waals surface area (Å²) in [6.45, 7) is 14.3. The molecule has 1 saturated heterocycles. The molecular formula is C31H32ClFN6O2. The Balaban J connectivity index is 1.83. The monoisotopic (exact) mass is 574 g/mol. The summed E-state index contributed by atoms with van der Waals surface area (Å²) in [5.74, 6) is -0.156. The van der Waals surface area contributed by atoms with Crippen LogP contribution in [0.3, 0.4) is 0 Å². The zero-order valence-corrected chi connectivity index (χ0v) is 24.5. The number of aryl methyl sites for hydroxylation is 1. The van der Waals surface area contributed by atoms with Gasteiger partial charge in [0.15, 0.2) is 5.65 Å². The number of benzene rings is 1. The first kappa shape index (κ1) is 28.4. The second kappa shape index (κ2) is 11.0. The molecule has 212 valence electrons. The average Bonchev–Trinajstić information content (AvgIpc) is 2.94. The van der Waals surface area contributed by atoms with Crippen LogP contribution in [0.15, 0.2) is 60.2 Å². The maximum absolute atomic E-state index is 15.0. The predicted molar refractivity (Wildman–Crippen MR) is 160 cm³/mol. The number of nitrogens with zero attached hydrogens (tertiary/aromatic N) is 6. The molecule has 0 spiro atoms. The summed E-state index contributed by atoms with van der Waals surface area (Å²) in [6, 6.07) is 7.64. The number of pyridine rings is 2. The molecule has 0 N–H and O–H groups in total. The summed E-state index contributed by atoms with van der Waals surface area (Å²) < 4.78 is 16.4. The Kier molecular flexibility index (Phi) is 7.66. The number of aromatic nitrogens is 4. The van der Waals surface area contributed by atoms with E-state index in [4.69, 9.17) is 16.6 Å². The number of amides is 1. The first-order valence-electron chi connectivity index (χ1n) is 13.6. The largest absolute Gasteiger partial charge is 0.355 e. The number of anilines is 1. The Bertz CT molecular complexity index is 1740. The second-order valence-corrected chi connectivity index (χ2v) is 11.2. The summed E-state index contributed by atoms with van der Waals surface area (Å²) in [7, 11) is 0. The van der Waals surface area contributed by atoms with Crippen LogP contribution in [0.1, 0.15) is 44.7 Å². The molecule has 10 heteroatoms. The van der Waals surface area contributed by atoms with Gasteiger partial charge in [0.25, 0.3) is 0 Å². The predicted octanol–water partition coefficient (Wildman–Crippen LogP) is 5.68. The van der Waals surface area contributed by atoms with Gasteiger partial charge in [-0.1, -0.05) is 44.2 Å². The van der Waals surface area contributed by atoms with Crippen LogP contribution in [0.25, 0.3) is 28.0 Å². The van der Waals surface area contributed by atoms with Gasteiger partial charge >= 0.3 is 5.69 Å². The van der Waals surface area contributed by atoms with Crippen molar-refractivity contribution in [2.75, 3.05) is 18.0 Å². The Hall–Kier alpha value is -4.11.